The van der Waals surface area contributed by atoms with Crippen molar-refractivity contribution >= 4 is 44.5 Å². The molecule has 24 heavy (non-hydrogen) atoms. The van der Waals surface area contributed by atoms with Crippen molar-refractivity contribution in [2.75, 3.05) is 18.0 Å². The molecule has 0 bridgehead atoms. The number of rotatable bonds is 3. The number of carbonyl (C=O) groups excluding carboxylic acids is 2. The monoisotopic (exact) mass is 407 g/mol. The van der Waals surface area contributed by atoms with E-state index in [4.69, 9.17) is 0 Å². The predicted molar refractivity (Wildman–Crippen MR) is 99.6 cm³/mol. The number of aromatic nitrogens is 2. The summed E-state index contributed by atoms with van der Waals surface area (Å²) >= 11 is 4.57. The molecule has 1 fully saturated rings. The third-order valence-electron chi connectivity index (χ3n) is 3.89. The molecule has 0 spiro atoms. The van der Waals surface area contributed by atoms with E-state index in [0.29, 0.717) is 5.69 Å². The van der Waals surface area contributed by atoms with Gasteiger partial charge in [0.1, 0.15) is 0 Å². The number of anilines is 1. The van der Waals surface area contributed by atoms with Crippen molar-refractivity contribution < 1.29 is 9.59 Å². The molecule has 1 saturated heterocycles. The van der Waals surface area contributed by atoms with Crippen molar-refractivity contribution in [1.29, 1.82) is 0 Å². The number of thioether (sulfide) groups is 1. The van der Waals surface area contributed by atoms with Crippen molar-refractivity contribution in [1.82, 2.24) is 9.78 Å². The van der Waals surface area contributed by atoms with Gasteiger partial charge in [0, 0.05) is 37.0 Å². The molecule has 2 aromatic rings. The number of benzene rings is 1. The van der Waals surface area contributed by atoms with Gasteiger partial charge in [-0.25, -0.2) is 0 Å². The van der Waals surface area contributed by atoms with Crippen LogP contribution in [0, 0.1) is 0 Å². The molecular formula is C17H18BrN3O2S. The molecule has 0 unspecified atom stereocenters. The third-order valence-corrected chi connectivity index (χ3v) is 5.29. The fourth-order valence-electron chi connectivity index (χ4n) is 2.85. The van der Waals surface area contributed by atoms with Gasteiger partial charge >= 0.3 is 0 Å². The highest BCUT2D eigenvalue weighted by atomic mass is 79.9. The van der Waals surface area contributed by atoms with Crippen LogP contribution in [0.15, 0.2) is 33.6 Å². The number of carbonyl (C=O) groups is 2. The number of hydrogen-bond donors (Lipinski definition) is 0. The summed E-state index contributed by atoms with van der Waals surface area (Å²) in [6.45, 7) is 4.83. The summed E-state index contributed by atoms with van der Waals surface area (Å²) < 4.78 is 2.38. The molecule has 126 valence electrons. The van der Waals surface area contributed by atoms with E-state index in [1.807, 2.05) is 24.3 Å². The standard InChI is InChI=1S/C17H18BrN3O2S/c1-11(22)21-15(13-5-7-14(18)8-6-13)16(24-12(2)23)17(19-21)20-9-3-4-10-20/h5-8H,3-4,9-10H2,1-2H3. The first-order valence-electron chi connectivity index (χ1n) is 7.80. The smallest absolute Gasteiger partial charge is 0.244 e. The van der Waals surface area contributed by atoms with Crippen LogP contribution in [-0.4, -0.2) is 33.9 Å². The van der Waals surface area contributed by atoms with E-state index >= 15 is 0 Å². The van der Waals surface area contributed by atoms with E-state index in [1.54, 1.807) is 0 Å². The van der Waals surface area contributed by atoms with E-state index in [-0.39, 0.29) is 11.0 Å². The molecule has 0 radical (unpaired) electrons. The first-order chi connectivity index (χ1) is 11.5. The van der Waals surface area contributed by atoms with Crippen LogP contribution in [0.3, 0.4) is 0 Å². The Morgan fingerprint density at radius 1 is 1.12 bits per heavy atom. The lowest BCUT2D eigenvalue weighted by Gasteiger charge is -2.15. The van der Waals surface area contributed by atoms with Crippen LogP contribution in [0.5, 0.6) is 0 Å². The quantitative estimate of drug-likeness (QED) is 0.713. The van der Waals surface area contributed by atoms with Crippen LogP contribution in [0.1, 0.15) is 31.5 Å². The molecule has 5 nitrogen and oxygen atoms in total. The van der Waals surface area contributed by atoms with Crippen LogP contribution in [0.4, 0.5) is 5.82 Å². The highest BCUT2D eigenvalue weighted by Gasteiger charge is 2.27. The molecule has 7 heteroatoms. The predicted octanol–water partition coefficient (Wildman–Crippen LogP) is 4.21. The highest BCUT2D eigenvalue weighted by Crippen LogP contribution is 2.40. The minimum atomic E-state index is -0.163. The van der Waals surface area contributed by atoms with E-state index in [9.17, 15) is 9.59 Å². The maximum absolute atomic E-state index is 12.2. The van der Waals surface area contributed by atoms with Crippen LogP contribution < -0.4 is 4.90 Å². The summed E-state index contributed by atoms with van der Waals surface area (Å²) in [7, 11) is 0. The Labute approximate surface area is 153 Å². The van der Waals surface area contributed by atoms with E-state index in [2.05, 4.69) is 25.9 Å². The van der Waals surface area contributed by atoms with E-state index in [0.717, 1.165) is 58.4 Å². The Kier molecular flexibility index (Phi) is 5.10. The van der Waals surface area contributed by atoms with Crippen LogP contribution in [0.2, 0.25) is 0 Å². The zero-order valence-electron chi connectivity index (χ0n) is 13.6. The lowest BCUT2D eigenvalue weighted by atomic mass is 10.1. The first-order valence-corrected chi connectivity index (χ1v) is 9.41. The third kappa shape index (κ3) is 3.42. The van der Waals surface area contributed by atoms with Crippen molar-refractivity contribution in [2.45, 2.75) is 31.6 Å². The van der Waals surface area contributed by atoms with Crippen molar-refractivity contribution in [3.05, 3.63) is 28.7 Å². The van der Waals surface area contributed by atoms with Gasteiger partial charge in [0.05, 0.1) is 10.6 Å². The summed E-state index contributed by atoms with van der Waals surface area (Å²) in [5.74, 6) is 0.574. The average molecular weight is 408 g/mol. The molecular weight excluding hydrogens is 390 g/mol. The van der Waals surface area contributed by atoms with Gasteiger partial charge in [-0.2, -0.15) is 4.68 Å². The molecule has 1 aliphatic rings. The Morgan fingerprint density at radius 2 is 1.75 bits per heavy atom. The fourth-order valence-corrected chi connectivity index (χ4v) is 3.97. The molecule has 0 aliphatic carbocycles. The summed E-state index contributed by atoms with van der Waals surface area (Å²) in [6.07, 6.45) is 2.20. The molecule has 1 aliphatic heterocycles. The SMILES string of the molecule is CC(=O)Sc1c(N2CCCC2)nn(C(C)=O)c1-c1ccc(Br)cc1. The maximum atomic E-state index is 12.2. The van der Waals surface area contributed by atoms with Gasteiger partial charge in [0.2, 0.25) is 5.91 Å². The fraction of sp³-hybridized carbons (Fsp3) is 0.353. The minimum Gasteiger partial charge on any atom is -0.354 e. The molecule has 1 aromatic carbocycles. The van der Waals surface area contributed by atoms with Gasteiger partial charge in [-0.05, 0) is 36.7 Å². The highest BCUT2D eigenvalue weighted by molar-refractivity contribution is 9.10. The summed E-state index contributed by atoms with van der Waals surface area (Å²) in [5, 5.41) is 4.54. The van der Waals surface area contributed by atoms with Crippen molar-refractivity contribution in [3.8, 4) is 11.3 Å². The van der Waals surface area contributed by atoms with Gasteiger partial charge in [-0.3, -0.25) is 9.59 Å². The van der Waals surface area contributed by atoms with Gasteiger partial charge in [0.15, 0.2) is 10.9 Å². The van der Waals surface area contributed by atoms with Gasteiger partial charge in [-0.1, -0.05) is 28.1 Å². The van der Waals surface area contributed by atoms with Crippen molar-refractivity contribution in [3.63, 3.8) is 0 Å². The zero-order chi connectivity index (χ0) is 17.3. The maximum Gasteiger partial charge on any atom is 0.244 e. The van der Waals surface area contributed by atoms with Gasteiger partial charge < -0.3 is 4.90 Å². The zero-order valence-corrected chi connectivity index (χ0v) is 16.0. The first kappa shape index (κ1) is 17.2. The van der Waals surface area contributed by atoms with Crippen LogP contribution >= 0.6 is 27.7 Å². The van der Waals surface area contributed by atoms with E-state index < -0.39 is 0 Å². The lowest BCUT2D eigenvalue weighted by Crippen LogP contribution is -2.19. The second-order valence-electron chi connectivity index (χ2n) is 5.73. The summed E-state index contributed by atoms with van der Waals surface area (Å²) in [6, 6.07) is 7.70. The Bertz CT molecular complexity index is 780. The minimum absolute atomic E-state index is 0.0167. The Hall–Kier alpha value is -1.60. The Balaban J connectivity index is 2.21. The van der Waals surface area contributed by atoms with Crippen LogP contribution in [-0.2, 0) is 4.79 Å². The normalized spacial score (nSPS) is 14.2. The number of halogens is 1. The van der Waals surface area contributed by atoms with Gasteiger partial charge in [-0.15, -0.1) is 5.10 Å². The summed E-state index contributed by atoms with van der Waals surface area (Å²) in [5.41, 5.74) is 1.56. The lowest BCUT2D eigenvalue weighted by molar-refractivity contribution is -0.109. The van der Waals surface area contributed by atoms with Gasteiger partial charge in [0.25, 0.3) is 0 Å². The Morgan fingerprint density at radius 3 is 2.29 bits per heavy atom. The summed E-state index contributed by atoms with van der Waals surface area (Å²) in [4.78, 5) is 26.9. The molecule has 3 rings (SSSR count). The second-order valence-corrected chi connectivity index (χ2v) is 7.83. The molecule has 2 heterocycles. The second kappa shape index (κ2) is 7.11. The van der Waals surface area contributed by atoms with Crippen molar-refractivity contribution in [2.24, 2.45) is 0 Å². The molecule has 0 saturated carbocycles. The van der Waals surface area contributed by atoms with E-state index in [1.165, 1.54) is 18.5 Å². The molecule has 0 N–H and O–H groups in total. The average Bonchev–Trinajstić information content (AvgIpc) is 3.15. The molecule has 1 aromatic heterocycles. The molecule has 0 atom stereocenters. The largest absolute Gasteiger partial charge is 0.354 e. The topological polar surface area (TPSA) is 55.2 Å². The van der Waals surface area contributed by atoms with Crippen LogP contribution in [0.25, 0.3) is 11.3 Å². The molecule has 0 amide bonds. The number of nitrogens with zero attached hydrogens (tertiary/aromatic N) is 3. The number of hydrogen-bond acceptors (Lipinski definition) is 5.